The third-order valence-corrected chi connectivity index (χ3v) is 8.27. The standard InChI is InChI=1S/C33H27F2N3O8/c1-32(16-43-26-14-29-28(12-20(26)32)45-33(34,35)46-29)31(41)38-23-13-27(44-25-11-18(42-2)8-9-19(23)25)22-10-7-17(15-36-22)30(40)37-21-5-3-4-6-24(21)39/h3-12,14-15,23,27,39H,13,16H2,1-2H3,(H,37,40)(H,38,41)/t23-,27-,32+/m1/s1. The summed E-state index contributed by atoms with van der Waals surface area (Å²) in [5, 5.41) is 15.7. The van der Waals surface area contributed by atoms with Crippen molar-refractivity contribution in [3.8, 4) is 34.5 Å². The fraction of sp³-hybridized carbons (Fsp3) is 0.242. The number of fused-ring (bicyclic) bond motifs is 3. The fourth-order valence-electron chi connectivity index (χ4n) is 5.73. The molecule has 7 rings (SSSR count). The minimum atomic E-state index is -3.81. The zero-order valence-corrected chi connectivity index (χ0v) is 24.5. The number of carbonyl (C=O) groups excluding carboxylic acids is 2. The molecule has 236 valence electrons. The number of hydrogen-bond acceptors (Lipinski definition) is 9. The molecule has 3 aromatic carbocycles. The first-order valence-electron chi connectivity index (χ1n) is 14.3. The van der Waals surface area contributed by atoms with Gasteiger partial charge in [0.15, 0.2) is 11.5 Å². The lowest BCUT2D eigenvalue weighted by molar-refractivity contribution is -0.286. The summed E-state index contributed by atoms with van der Waals surface area (Å²) in [6, 6.07) is 17.0. The van der Waals surface area contributed by atoms with Crippen LogP contribution in [0, 0.1) is 0 Å². The third kappa shape index (κ3) is 5.13. The average Bonchev–Trinajstić information content (AvgIpc) is 3.54. The van der Waals surface area contributed by atoms with E-state index in [1.807, 2.05) is 0 Å². The molecule has 4 heterocycles. The molecule has 3 N–H and O–H groups in total. The maximum Gasteiger partial charge on any atom is 0.586 e. The van der Waals surface area contributed by atoms with E-state index in [0.717, 1.165) is 0 Å². The van der Waals surface area contributed by atoms with E-state index in [4.69, 9.17) is 14.2 Å². The Labute approximate surface area is 261 Å². The number of anilines is 1. The van der Waals surface area contributed by atoms with Crippen molar-refractivity contribution >= 4 is 17.5 Å². The summed E-state index contributed by atoms with van der Waals surface area (Å²) in [6.45, 7) is 1.64. The fourth-order valence-corrected chi connectivity index (χ4v) is 5.73. The Bertz CT molecular complexity index is 1870. The first-order valence-corrected chi connectivity index (χ1v) is 14.3. The van der Waals surface area contributed by atoms with Gasteiger partial charge in [0.05, 0.1) is 30.1 Å². The van der Waals surface area contributed by atoms with Crippen LogP contribution < -0.4 is 34.3 Å². The van der Waals surface area contributed by atoms with Crippen molar-refractivity contribution < 1.29 is 47.2 Å². The Morgan fingerprint density at radius 1 is 1.00 bits per heavy atom. The molecule has 0 radical (unpaired) electrons. The van der Waals surface area contributed by atoms with Crippen LogP contribution in [0.5, 0.6) is 34.5 Å². The smallest absolute Gasteiger partial charge is 0.506 e. The van der Waals surface area contributed by atoms with Crippen LogP contribution in [0.2, 0.25) is 0 Å². The molecule has 1 aromatic heterocycles. The Kier molecular flexibility index (Phi) is 6.83. The number of nitrogens with one attached hydrogen (secondary N) is 2. The van der Waals surface area contributed by atoms with E-state index in [1.54, 1.807) is 55.5 Å². The van der Waals surface area contributed by atoms with Gasteiger partial charge in [0.1, 0.15) is 41.1 Å². The molecule has 0 unspecified atom stereocenters. The van der Waals surface area contributed by atoms with E-state index >= 15 is 0 Å². The molecule has 3 aliphatic rings. The SMILES string of the molecule is COc1ccc2c(c1)O[C@@H](c1ccc(C(=O)Nc3ccccc3O)cn1)C[C@H]2NC(=O)[C@@]1(C)COc2cc3c(cc21)OC(F)(F)O3. The summed E-state index contributed by atoms with van der Waals surface area (Å²) in [5.74, 6) is 0.0151. The molecule has 0 bridgehead atoms. The number of amides is 2. The molecule has 0 saturated carbocycles. The number of hydrogen-bond donors (Lipinski definition) is 3. The van der Waals surface area contributed by atoms with Gasteiger partial charge in [-0.25, -0.2) is 0 Å². The van der Waals surface area contributed by atoms with Crippen LogP contribution in [-0.2, 0) is 10.2 Å². The molecular weight excluding hydrogens is 604 g/mol. The molecule has 3 atom stereocenters. The zero-order chi connectivity index (χ0) is 32.2. The number of halogens is 2. The normalized spacial score (nSPS) is 21.7. The molecule has 4 aromatic rings. The molecule has 0 fully saturated rings. The summed E-state index contributed by atoms with van der Waals surface area (Å²) in [7, 11) is 1.53. The highest BCUT2D eigenvalue weighted by molar-refractivity contribution is 6.04. The van der Waals surface area contributed by atoms with Gasteiger partial charge in [0, 0.05) is 35.9 Å². The van der Waals surface area contributed by atoms with Gasteiger partial charge in [-0.2, -0.15) is 0 Å². The summed E-state index contributed by atoms with van der Waals surface area (Å²) >= 11 is 0. The largest absolute Gasteiger partial charge is 0.586 e. The van der Waals surface area contributed by atoms with Gasteiger partial charge < -0.3 is 39.4 Å². The number of phenols is 1. The van der Waals surface area contributed by atoms with Gasteiger partial charge in [0.25, 0.3) is 5.91 Å². The van der Waals surface area contributed by atoms with Gasteiger partial charge in [-0.1, -0.05) is 12.1 Å². The minimum absolute atomic E-state index is 0.0264. The van der Waals surface area contributed by atoms with Crippen molar-refractivity contribution in [1.82, 2.24) is 10.3 Å². The highest BCUT2D eigenvalue weighted by Gasteiger charge is 2.49. The Hall–Kier alpha value is -5.59. The van der Waals surface area contributed by atoms with Gasteiger partial charge in [0.2, 0.25) is 5.91 Å². The summed E-state index contributed by atoms with van der Waals surface area (Å²) in [6.07, 6.45) is -2.72. The Balaban J connectivity index is 1.13. The molecule has 3 aliphatic heterocycles. The van der Waals surface area contributed by atoms with Crippen molar-refractivity contribution in [3.05, 3.63) is 95.3 Å². The summed E-state index contributed by atoms with van der Waals surface area (Å²) in [4.78, 5) is 31.2. The lowest BCUT2D eigenvalue weighted by Gasteiger charge is -2.34. The van der Waals surface area contributed by atoms with Crippen molar-refractivity contribution in [3.63, 3.8) is 0 Å². The van der Waals surface area contributed by atoms with E-state index in [9.17, 15) is 23.5 Å². The number of aromatic nitrogens is 1. The highest BCUT2D eigenvalue weighted by atomic mass is 19.3. The van der Waals surface area contributed by atoms with Crippen molar-refractivity contribution in [2.24, 2.45) is 0 Å². The molecule has 13 heteroatoms. The number of ether oxygens (including phenoxy) is 5. The highest BCUT2D eigenvalue weighted by Crippen LogP contribution is 2.50. The number of carbonyl (C=O) groups is 2. The predicted molar refractivity (Wildman–Crippen MR) is 158 cm³/mol. The lowest BCUT2D eigenvalue weighted by Crippen LogP contribution is -2.46. The van der Waals surface area contributed by atoms with Crippen molar-refractivity contribution in [2.45, 2.75) is 37.2 Å². The number of alkyl halides is 2. The van der Waals surface area contributed by atoms with E-state index in [1.165, 1.54) is 31.5 Å². The molecular formula is C33H27F2N3O8. The second-order valence-corrected chi connectivity index (χ2v) is 11.3. The van der Waals surface area contributed by atoms with Crippen molar-refractivity contribution in [2.75, 3.05) is 19.0 Å². The van der Waals surface area contributed by atoms with Gasteiger partial charge in [-0.3, -0.25) is 14.6 Å². The predicted octanol–water partition coefficient (Wildman–Crippen LogP) is 5.40. The van der Waals surface area contributed by atoms with Crippen LogP contribution in [0.15, 0.2) is 72.9 Å². The molecule has 0 aliphatic carbocycles. The quantitative estimate of drug-likeness (QED) is 0.239. The summed E-state index contributed by atoms with van der Waals surface area (Å²) < 4.78 is 54.0. The van der Waals surface area contributed by atoms with E-state index < -0.39 is 35.7 Å². The van der Waals surface area contributed by atoms with Gasteiger partial charge in [-0.05, 0) is 49.4 Å². The van der Waals surface area contributed by atoms with Crippen LogP contribution in [0.1, 0.15) is 52.7 Å². The first-order chi connectivity index (χ1) is 22.0. The van der Waals surface area contributed by atoms with E-state index in [2.05, 4.69) is 25.1 Å². The molecule has 0 saturated heterocycles. The first kappa shape index (κ1) is 29.1. The number of benzene rings is 3. The maximum absolute atomic E-state index is 13.9. The Morgan fingerprint density at radius 3 is 2.52 bits per heavy atom. The van der Waals surface area contributed by atoms with Crippen LogP contribution in [0.25, 0.3) is 0 Å². The number of phenolic OH excluding ortho intramolecular Hbond substituents is 1. The number of nitrogens with zero attached hydrogens (tertiary/aromatic N) is 1. The number of rotatable bonds is 6. The Morgan fingerprint density at radius 2 is 1.78 bits per heavy atom. The average molecular weight is 632 g/mol. The topological polar surface area (TPSA) is 137 Å². The van der Waals surface area contributed by atoms with Crippen LogP contribution in [0.3, 0.4) is 0 Å². The minimum Gasteiger partial charge on any atom is -0.506 e. The number of methoxy groups -OCH3 is 1. The van der Waals surface area contributed by atoms with Crippen LogP contribution >= 0.6 is 0 Å². The second kappa shape index (κ2) is 10.8. The molecule has 46 heavy (non-hydrogen) atoms. The molecule has 11 nitrogen and oxygen atoms in total. The van der Waals surface area contributed by atoms with Crippen LogP contribution in [-0.4, -0.2) is 41.9 Å². The van der Waals surface area contributed by atoms with E-state index in [-0.39, 0.29) is 40.9 Å². The number of para-hydroxylation sites is 2. The number of pyridine rings is 1. The maximum atomic E-state index is 13.9. The monoisotopic (exact) mass is 631 g/mol. The molecule has 2 amide bonds. The zero-order valence-electron chi connectivity index (χ0n) is 24.5. The van der Waals surface area contributed by atoms with Crippen molar-refractivity contribution in [1.29, 1.82) is 0 Å². The third-order valence-electron chi connectivity index (χ3n) is 8.27. The second-order valence-electron chi connectivity index (χ2n) is 11.3. The molecule has 0 spiro atoms. The van der Waals surface area contributed by atoms with Gasteiger partial charge in [-0.15, -0.1) is 8.78 Å². The van der Waals surface area contributed by atoms with Gasteiger partial charge >= 0.3 is 6.29 Å². The lowest BCUT2D eigenvalue weighted by atomic mass is 9.82. The van der Waals surface area contributed by atoms with E-state index in [0.29, 0.717) is 34.7 Å². The van der Waals surface area contributed by atoms with Crippen LogP contribution in [0.4, 0.5) is 14.5 Å². The number of aromatic hydroxyl groups is 1. The summed E-state index contributed by atoms with van der Waals surface area (Å²) in [5.41, 5.74) is 0.915.